The first-order chi connectivity index (χ1) is 15.6. The molecule has 0 radical (unpaired) electrons. The van der Waals surface area contributed by atoms with Crippen molar-refractivity contribution in [2.45, 2.75) is 99.0 Å². The smallest absolute Gasteiger partial charge is 0.178 e. The Morgan fingerprint density at radius 2 is 1.62 bits per heavy atom. The third-order valence-corrected chi connectivity index (χ3v) is 12.0. The van der Waals surface area contributed by atoms with E-state index >= 15 is 0 Å². The number of fused-ring (bicyclic) bond motifs is 7. The lowest BCUT2D eigenvalue weighted by atomic mass is 9.35. The molecule has 0 aromatic rings. The zero-order valence-electron chi connectivity index (χ0n) is 22.3. The number of carbonyl (C=O) groups excluding carboxylic acids is 2. The quantitative estimate of drug-likeness (QED) is 0.536. The first-order valence-corrected chi connectivity index (χ1v) is 13.4. The van der Waals surface area contributed by atoms with Crippen LogP contribution < -0.4 is 5.73 Å². The van der Waals surface area contributed by atoms with Crippen molar-refractivity contribution in [2.24, 2.45) is 44.8 Å². The van der Waals surface area contributed by atoms with E-state index in [0.717, 1.165) is 38.5 Å². The van der Waals surface area contributed by atoms with Gasteiger partial charge in [0.15, 0.2) is 11.6 Å². The first-order valence-electron chi connectivity index (χ1n) is 13.4. The summed E-state index contributed by atoms with van der Waals surface area (Å²) in [6.07, 6.45) is 11.3. The summed E-state index contributed by atoms with van der Waals surface area (Å²) in [6.45, 7) is 15.7. The van der Waals surface area contributed by atoms with Crippen LogP contribution in [0.15, 0.2) is 23.3 Å². The Hall–Kier alpha value is -1.73. The topological polar surface area (TPSA) is 85.6 Å². The van der Waals surface area contributed by atoms with E-state index in [2.05, 4.69) is 40.7 Å². The molecule has 3 saturated carbocycles. The Balaban J connectivity index is 1.69. The van der Waals surface area contributed by atoms with Crippen molar-refractivity contribution < 1.29 is 15.3 Å². The van der Waals surface area contributed by atoms with Gasteiger partial charge in [0.1, 0.15) is 6.07 Å². The molecule has 0 heterocycles. The molecule has 7 atom stereocenters. The lowest BCUT2D eigenvalue weighted by molar-refractivity contribution is -0.515. The molecule has 0 bridgehead atoms. The molecular weight excluding hydrogens is 420 g/mol. The van der Waals surface area contributed by atoms with Gasteiger partial charge in [-0.1, -0.05) is 60.1 Å². The Morgan fingerprint density at radius 3 is 2.26 bits per heavy atom. The van der Waals surface area contributed by atoms with Gasteiger partial charge in [0, 0.05) is 35.5 Å². The highest BCUT2D eigenvalue weighted by Crippen LogP contribution is 2.73. The van der Waals surface area contributed by atoms with Crippen LogP contribution in [0.25, 0.3) is 0 Å². The number of nitriles is 1. The molecule has 5 aliphatic rings. The van der Waals surface area contributed by atoms with Crippen molar-refractivity contribution in [1.29, 1.82) is 5.26 Å². The Morgan fingerprint density at radius 1 is 0.971 bits per heavy atom. The van der Waals surface area contributed by atoms with E-state index in [1.54, 1.807) is 0 Å². The summed E-state index contributed by atoms with van der Waals surface area (Å²) >= 11 is 0. The summed E-state index contributed by atoms with van der Waals surface area (Å²) in [7, 11) is 0. The van der Waals surface area contributed by atoms with Crippen LogP contribution in [0.2, 0.25) is 0 Å². The van der Waals surface area contributed by atoms with Crippen LogP contribution in [-0.2, 0) is 9.59 Å². The number of allylic oxidation sites excluding steroid dienone is 4. The second kappa shape index (κ2) is 6.73. The van der Waals surface area contributed by atoms with Gasteiger partial charge in [0.2, 0.25) is 0 Å². The molecule has 0 aromatic heterocycles. The van der Waals surface area contributed by atoms with Gasteiger partial charge in [-0.3, -0.25) is 9.59 Å². The zero-order chi connectivity index (χ0) is 25.1. The molecule has 0 aromatic carbocycles. The fourth-order valence-corrected chi connectivity index (χ4v) is 9.74. The molecule has 34 heavy (non-hydrogen) atoms. The van der Waals surface area contributed by atoms with Gasteiger partial charge in [0.25, 0.3) is 0 Å². The van der Waals surface area contributed by atoms with Gasteiger partial charge in [-0.05, 0) is 60.3 Å². The zero-order valence-corrected chi connectivity index (χ0v) is 22.3. The highest BCUT2D eigenvalue weighted by atomic mass is 16.1. The first kappa shape index (κ1) is 24.0. The lowest BCUT2D eigenvalue weighted by Crippen LogP contribution is -2.82. The summed E-state index contributed by atoms with van der Waals surface area (Å²) in [6, 6.07) is 2.19. The van der Waals surface area contributed by atoms with Crippen molar-refractivity contribution in [3.8, 4) is 6.07 Å². The number of carbonyl (C=O) groups is 2. The maximum atomic E-state index is 14.2. The summed E-state index contributed by atoms with van der Waals surface area (Å²) in [5.74, 6) is 0.647. The van der Waals surface area contributed by atoms with Gasteiger partial charge in [-0.2, -0.15) is 5.26 Å². The van der Waals surface area contributed by atoms with E-state index in [0.29, 0.717) is 5.92 Å². The molecular formula is C30H43N2O2+. The minimum Gasteiger partial charge on any atom is -0.352 e. The highest BCUT2D eigenvalue weighted by molar-refractivity contribution is 6.04. The minimum atomic E-state index is -0.611. The molecule has 3 fully saturated rings. The fraction of sp³-hybridized carbons (Fsp3) is 0.767. The average molecular weight is 464 g/mol. The lowest BCUT2D eigenvalue weighted by Gasteiger charge is -2.68. The van der Waals surface area contributed by atoms with Gasteiger partial charge in [0.05, 0.1) is 11.1 Å². The van der Waals surface area contributed by atoms with Crippen LogP contribution in [0.1, 0.15) is 93.4 Å². The number of rotatable bonds is 0. The van der Waals surface area contributed by atoms with Crippen LogP contribution in [-0.4, -0.2) is 17.1 Å². The predicted molar refractivity (Wildman–Crippen MR) is 132 cm³/mol. The SMILES string of the molecule is CC1(C)CCC2([NH3+])CCC3(C)C(C(=O)C=C4C5(C)C=C(C#N)C(=O)C(C)(C)C5CCC43C)C2C1. The van der Waals surface area contributed by atoms with E-state index in [1.165, 1.54) is 12.0 Å². The normalized spacial score (nSPS) is 48.9. The number of nitrogens with zero attached hydrogens (tertiary/aromatic N) is 1. The fourth-order valence-electron chi connectivity index (χ4n) is 9.74. The van der Waals surface area contributed by atoms with E-state index < -0.39 is 10.8 Å². The predicted octanol–water partition coefficient (Wildman–Crippen LogP) is 5.20. The van der Waals surface area contributed by atoms with Crippen LogP contribution in [0.3, 0.4) is 0 Å². The molecule has 5 rings (SSSR count). The van der Waals surface area contributed by atoms with Gasteiger partial charge in [-0.15, -0.1) is 0 Å². The molecule has 184 valence electrons. The van der Waals surface area contributed by atoms with E-state index in [4.69, 9.17) is 5.73 Å². The van der Waals surface area contributed by atoms with Gasteiger partial charge >= 0.3 is 0 Å². The van der Waals surface area contributed by atoms with Crippen molar-refractivity contribution >= 4 is 11.6 Å². The maximum absolute atomic E-state index is 14.2. The second-order valence-electron chi connectivity index (χ2n) is 14.6. The van der Waals surface area contributed by atoms with Crippen molar-refractivity contribution in [3.63, 3.8) is 0 Å². The van der Waals surface area contributed by atoms with Crippen LogP contribution in [0.4, 0.5) is 0 Å². The number of hydrogen-bond donors (Lipinski definition) is 1. The summed E-state index contributed by atoms with van der Waals surface area (Å²) < 4.78 is 0. The summed E-state index contributed by atoms with van der Waals surface area (Å²) in [5, 5.41) is 9.82. The molecule has 0 spiro atoms. The van der Waals surface area contributed by atoms with E-state index in [-0.39, 0.29) is 50.8 Å². The summed E-state index contributed by atoms with van der Waals surface area (Å²) in [4.78, 5) is 27.3. The number of Topliss-reactive ketones (excluding diaryl/α,β-unsaturated/α-hetero) is 1. The Kier molecular flexibility index (Phi) is 4.74. The third-order valence-electron chi connectivity index (χ3n) is 12.0. The molecule has 4 heteroatoms. The molecule has 3 N–H and O–H groups in total. The highest BCUT2D eigenvalue weighted by Gasteiger charge is 2.70. The maximum Gasteiger partial charge on any atom is 0.178 e. The molecule has 5 aliphatic carbocycles. The molecule has 0 amide bonds. The third kappa shape index (κ3) is 2.74. The van der Waals surface area contributed by atoms with E-state index in [1.807, 2.05) is 26.0 Å². The van der Waals surface area contributed by atoms with Crippen molar-refractivity contribution in [3.05, 3.63) is 23.3 Å². The standard InChI is InChI=1S/C30H42N2O2/c1-25(2)10-12-30(32)13-11-29(7)23(19(30)16-25)20(33)14-22-27(5)15-18(17-31)24(34)26(3,4)21(27)8-9-28(22,29)6/h14-15,19,21,23H,8-13,16,32H2,1-7H3/p+1. The Bertz CT molecular complexity index is 1090. The second-order valence-corrected chi connectivity index (χ2v) is 14.6. The van der Waals surface area contributed by atoms with Gasteiger partial charge in [-0.25, -0.2) is 0 Å². The van der Waals surface area contributed by atoms with Crippen LogP contribution >= 0.6 is 0 Å². The molecule has 0 saturated heterocycles. The van der Waals surface area contributed by atoms with Crippen LogP contribution in [0, 0.1) is 56.2 Å². The van der Waals surface area contributed by atoms with Crippen molar-refractivity contribution in [1.82, 2.24) is 0 Å². The minimum absolute atomic E-state index is 0.00451. The molecule has 0 aliphatic heterocycles. The number of ketones is 2. The van der Waals surface area contributed by atoms with Crippen molar-refractivity contribution in [2.75, 3.05) is 0 Å². The van der Waals surface area contributed by atoms with Crippen LogP contribution in [0.5, 0.6) is 0 Å². The largest absolute Gasteiger partial charge is 0.352 e. The average Bonchev–Trinajstić information content (AvgIpc) is 2.74. The number of quaternary nitrogens is 1. The summed E-state index contributed by atoms with van der Waals surface area (Å²) in [5.41, 5.74) is 5.14. The monoisotopic (exact) mass is 463 g/mol. The number of hydrogen-bond acceptors (Lipinski definition) is 3. The molecule has 4 nitrogen and oxygen atoms in total. The molecule has 7 unspecified atom stereocenters. The Labute approximate surface area is 205 Å². The van der Waals surface area contributed by atoms with Gasteiger partial charge < -0.3 is 5.73 Å². The van der Waals surface area contributed by atoms with E-state index in [9.17, 15) is 14.9 Å².